The maximum absolute atomic E-state index is 12.2. The Balaban J connectivity index is 1.90. The number of ether oxygens (including phenoxy) is 1. The SMILES string of the molecule is CC1CC(NCCC(NC(=O)OC(C)(C)C)c2ccccc2)CN1C. The summed E-state index contributed by atoms with van der Waals surface area (Å²) in [6, 6.07) is 11.2. The summed E-state index contributed by atoms with van der Waals surface area (Å²) in [4.78, 5) is 14.6. The monoisotopic (exact) mass is 347 g/mol. The molecule has 3 unspecified atom stereocenters. The Labute approximate surface area is 152 Å². The first-order chi connectivity index (χ1) is 11.7. The molecule has 1 saturated heterocycles. The molecule has 1 heterocycles. The number of rotatable bonds is 6. The van der Waals surface area contributed by atoms with Crippen molar-refractivity contribution in [3.8, 4) is 0 Å². The van der Waals surface area contributed by atoms with Crippen molar-refractivity contribution in [3.63, 3.8) is 0 Å². The van der Waals surface area contributed by atoms with Crippen LogP contribution >= 0.6 is 0 Å². The molecule has 2 N–H and O–H groups in total. The van der Waals surface area contributed by atoms with Crippen molar-refractivity contribution in [1.82, 2.24) is 15.5 Å². The van der Waals surface area contributed by atoms with E-state index in [2.05, 4.69) is 29.5 Å². The number of hydrogen-bond donors (Lipinski definition) is 2. The number of amides is 1. The molecule has 0 aliphatic carbocycles. The molecule has 3 atom stereocenters. The molecular weight excluding hydrogens is 314 g/mol. The number of hydrogen-bond acceptors (Lipinski definition) is 4. The van der Waals surface area contributed by atoms with Gasteiger partial charge in [0.1, 0.15) is 5.60 Å². The number of carbonyl (C=O) groups is 1. The van der Waals surface area contributed by atoms with Crippen LogP contribution in [0.2, 0.25) is 0 Å². The first kappa shape index (κ1) is 19.7. The van der Waals surface area contributed by atoms with E-state index in [0.29, 0.717) is 12.1 Å². The fourth-order valence-electron chi connectivity index (χ4n) is 3.23. The number of nitrogens with one attached hydrogen (secondary N) is 2. The van der Waals surface area contributed by atoms with Crippen LogP contribution in [-0.4, -0.2) is 48.8 Å². The average Bonchev–Trinajstić information content (AvgIpc) is 2.84. The fourth-order valence-corrected chi connectivity index (χ4v) is 3.23. The molecule has 1 fully saturated rings. The van der Waals surface area contributed by atoms with Crippen molar-refractivity contribution >= 4 is 6.09 Å². The quantitative estimate of drug-likeness (QED) is 0.829. The maximum Gasteiger partial charge on any atom is 0.408 e. The third-order valence-electron chi connectivity index (χ3n) is 4.65. The molecule has 1 aliphatic rings. The zero-order chi connectivity index (χ0) is 18.4. The van der Waals surface area contributed by atoms with Crippen LogP contribution < -0.4 is 10.6 Å². The van der Waals surface area contributed by atoms with Crippen molar-refractivity contribution in [2.24, 2.45) is 0 Å². The molecule has 1 aliphatic heterocycles. The first-order valence-electron chi connectivity index (χ1n) is 9.22. The molecular formula is C20H33N3O2. The van der Waals surface area contributed by atoms with Crippen molar-refractivity contribution in [1.29, 1.82) is 0 Å². The highest BCUT2D eigenvalue weighted by Gasteiger charge is 2.26. The van der Waals surface area contributed by atoms with Gasteiger partial charge in [-0.3, -0.25) is 0 Å². The molecule has 0 spiro atoms. The van der Waals surface area contributed by atoms with Gasteiger partial charge in [0.15, 0.2) is 0 Å². The molecule has 0 radical (unpaired) electrons. The summed E-state index contributed by atoms with van der Waals surface area (Å²) in [6.45, 7) is 9.84. The van der Waals surface area contributed by atoms with E-state index in [1.807, 2.05) is 51.1 Å². The molecule has 25 heavy (non-hydrogen) atoms. The molecule has 140 valence electrons. The third kappa shape index (κ3) is 6.67. The molecule has 0 bridgehead atoms. The van der Waals surface area contributed by atoms with Gasteiger partial charge < -0.3 is 20.3 Å². The highest BCUT2D eigenvalue weighted by atomic mass is 16.6. The Kier molecular flexibility index (Phi) is 6.85. The Hall–Kier alpha value is -1.59. The van der Waals surface area contributed by atoms with Gasteiger partial charge in [0.05, 0.1) is 6.04 Å². The lowest BCUT2D eigenvalue weighted by atomic mass is 10.0. The minimum absolute atomic E-state index is 0.0555. The number of likely N-dealkylation sites (tertiary alicyclic amines) is 1. The molecule has 1 amide bonds. The van der Waals surface area contributed by atoms with Gasteiger partial charge >= 0.3 is 6.09 Å². The van der Waals surface area contributed by atoms with E-state index in [1.54, 1.807) is 0 Å². The van der Waals surface area contributed by atoms with Crippen LogP contribution in [0.5, 0.6) is 0 Å². The second kappa shape index (κ2) is 8.68. The second-order valence-electron chi connectivity index (χ2n) is 8.07. The topological polar surface area (TPSA) is 53.6 Å². The zero-order valence-corrected chi connectivity index (χ0v) is 16.2. The van der Waals surface area contributed by atoms with Crippen LogP contribution in [0.3, 0.4) is 0 Å². The average molecular weight is 348 g/mol. The summed E-state index contributed by atoms with van der Waals surface area (Å²) in [7, 11) is 2.17. The van der Waals surface area contributed by atoms with Crippen molar-refractivity contribution < 1.29 is 9.53 Å². The van der Waals surface area contributed by atoms with Gasteiger partial charge in [-0.05, 0) is 59.7 Å². The standard InChI is InChI=1S/C20H33N3O2/c1-15-13-17(14-23(15)5)21-12-11-18(16-9-7-6-8-10-16)22-19(24)25-20(2,3)4/h6-10,15,17-18,21H,11-14H2,1-5H3,(H,22,24). The smallest absolute Gasteiger partial charge is 0.408 e. The second-order valence-corrected chi connectivity index (χ2v) is 8.07. The van der Waals surface area contributed by atoms with Crippen LogP contribution in [0.15, 0.2) is 30.3 Å². The minimum atomic E-state index is -0.492. The maximum atomic E-state index is 12.2. The van der Waals surface area contributed by atoms with Gasteiger partial charge in [0.25, 0.3) is 0 Å². The van der Waals surface area contributed by atoms with E-state index in [-0.39, 0.29) is 12.1 Å². The Morgan fingerprint density at radius 3 is 2.56 bits per heavy atom. The van der Waals surface area contributed by atoms with Crippen LogP contribution in [0.4, 0.5) is 4.79 Å². The van der Waals surface area contributed by atoms with Gasteiger partial charge in [-0.15, -0.1) is 0 Å². The summed E-state index contributed by atoms with van der Waals surface area (Å²) in [5, 5.41) is 6.65. The molecule has 1 aromatic rings. The number of alkyl carbamates (subject to hydrolysis) is 1. The lowest BCUT2D eigenvalue weighted by molar-refractivity contribution is 0.0501. The predicted octanol–water partition coefficient (Wildman–Crippen LogP) is 3.32. The number of benzene rings is 1. The largest absolute Gasteiger partial charge is 0.444 e. The van der Waals surface area contributed by atoms with E-state index in [9.17, 15) is 4.79 Å². The molecule has 2 rings (SSSR count). The number of nitrogens with zero attached hydrogens (tertiary/aromatic N) is 1. The molecule has 0 saturated carbocycles. The summed E-state index contributed by atoms with van der Waals surface area (Å²) in [5.74, 6) is 0. The van der Waals surface area contributed by atoms with Crippen LogP contribution in [0, 0.1) is 0 Å². The molecule has 5 heteroatoms. The Bertz CT molecular complexity index is 532. The lowest BCUT2D eigenvalue weighted by Gasteiger charge is -2.24. The van der Waals surface area contributed by atoms with E-state index in [4.69, 9.17) is 4.74 Å². The molecule has 0 aromatic heterocycles. The van der Waals surface area contributed by atoms with E-state index >= 15 is 0 Å². The Morgan fingerprint density at radius 1 is 1.32 bits per heavy atom. The van der Waals surface area contributed by atoms with Crippen molar-refractivity contribution in [2.75, 3.05) is 20.1 Å². The fraction of sp³-hybridized carbons (Fsp3) is 0.650. The van der Waals surface area contributed by atoms with E-state index in [0.717, 1.165) is 25.1 Å². The van der Waals surface area contributed by atoms with Gasteiger partial charge in [-0.2, -0.15) is 0 Å². The van der Waals surface area contributed by atoms with Crippen LogP contribution in [0.1, 0.15) is 52.1 Å². The van der Waals surface area contributed by atoms with Crippen molar-refractivity contribution in [3.05, 3.63) is 35.9 Å². The minimum Gasteiger partial charge on any atom is -0.444 e. The molecule has 1 aromatic carbocycles. The number of likely N-dealkylation sites (N-methyl/N-ethyl adjacent to an activating group) is 1. The normalized spacial score (nSPS) is 22.6. The van der Waals surface area contributed by atoms with Gasteiger partial charge in [0.2, 0.25) is 0 Å². The van der Waals surface area contributed by atoms with E-state index in [1.165, 1.54) is 6.42 Å². The van der Waals surface area contributed by atoms with E-state index < -0.39 is 5.60 Å². The van der Waals surface area contributed by atoms with Gasteiger partial charge in [0, 0.05) is 18.6 Å². The van der Waals surface area contributed by atoms with Crippen LogP contribution in [0.25, 0.3) is 0 Å². The summed E-state index contributed by atoms with van der Waals surface area (Å²) in [5.41, 5.74) is 0.612. The summed E-state index contributed by atoms with van der Waals surface area (Å²) < 4.78 is 5.42. The lowest BCUT2D eigenvalue weighted by Crippen LogP contribution is -2.38. The zero-order valence-electron chi connectivity index (χ0n) is 16.2. The summed E-state index contributed by atoms with van der Waals surface area (Å²) in [6.07, 6.45) is 1.64. The third-order valence-corrected chi connectivity index (χ3v) is 4.65. The van der Waals surface area contributed by atoms with Gasteiger partial charge in [-0.25, -0.2) is 4.79 Å². The predicted molar refractivity (Wildman–Crippen MR) is 102 cm³/mol. The highest BCUT2D eigenvalue weighted by molar-refractivity contribution is 5.68. The molecule has 5 nitrogen and oxygen atoms in total. The van der Waals surface area contributed by atoms with Gasteiger partial charge in [-0.1, -0.05) is 30.3 Å². The first-order valence-corrected chi connectivity index (χ1v) is 9.22. The van der Waals surface area contributed by atoms with Crippen molar-refractivity contribution in [2.45, 2.75) is 64.3 Å². The Morgan fingerprint density at radius 2 is 2.00 bits per heavy atom. The summed E-state index contributed by atoms with van der Waals surface area (Å²) >= 11 is 0. The number of carbonyl (C=O) groups excluding carboxylic acids is 1. The van der Waals surface area contributed by atoms with Crippen LogP contribution in [-0.2, 0) is 4.74 Å². The highest BCUT2D eigenvalue weighted by Crippen LogP contribution is 2.19.